The summed E-state index contributed by atoms with van der Waals surface area (Å²) in [4.78, 5) is 15.6. The maximum Gasteiger partial charge on any atom is 0.142 e. The van der Waals surface area contributed by atoms with Crippen molar-refractivity contribution < 1.29 is 4.79 Å². The lowest BCUT2D eigenvalue weighted by Crippen LogP contribution is -2.13. The summed E-state index contributed by atoms with van der Waals surface area (Å²) < 4.78 is 0. The molecule has 1 aliphatic heterocycles. The van der Waals surface area contributed by atoms with E-state index in [9.17, 15) is 4.79 Å². The van der Waals surface area contributed by atoms with E-state index in [0.29, 0.717) is 5.78 Å². The normalized spacial score (nSPS) is 31.1. The molecule has 1 atom stereocenters. The predicted octanol–water partition coefficient (Wildman–Crippen LogP) is 1.50. The minimum atomic E-state index is 0.197. The predicted molar refractivity (Wildman–Crippen MR) is 47.1 cm³/mol. The molecule has 1 unspecified atom stereocenters. The highest BCUT2D eigenvalue weighted by atomic mass is 32.2. The summed E-state index contributed by atoms with van der Waals surface area (Å²) >= 11 is 1.77. The number of ketones is 1. The fraction of sp³-hybridized carbons (Fsp3) is 0.750. The summed E-state index contributed by atoms with van der Waals surface area (Å²) in [6.07, 6.45) is 2.90. The Morgan fingerprint density at radius 3 is 3.00 bits per heavy atom. The van der Waals surface area contributed by atoms with Crippen LogP contribution >= 0.6 is 11.8 Å². The van der Waals surface area contributed by atoms with Gasteiger partial charge in [0.1, 0.15) is 5.78 Å². The van der Waals surface area contributed by atoms with Gasteiger partial charge in [0.25, 0.3) is 0 Å². The van der Waals surface area contributed by atoms with Crippen molar-refractivity contribution in [2.45, 2.75) is 19.3 Å². The zero-order chi connectivity index (χ0) is 7.68. The average Bonchev–Trinajstić information content (AvgIpc) is 2.55. The molecular weight excluding hydrogens is 158 g/mol. The Labute approximate surface area is 70.5 Å². The van der Waals surface area contributed by atoms with Crippen molar-refractivity contribution in [2.75, 3.05) is 12.3 Å². The molecule has 0 saturated heterocycles. The minimum Gasteiger partial charge on any atom is -0.299 e. The Morgan fingerprint density at radius 2 is 2.45 bits per heavy atom. The van der Waals surface area contributed by atoms with E-state index in [4.69, 9.17) is 0 Å². The van der Waals surface area contributed by atoms with Crippen molar-refractivity contribution in [3.05, 3.63) is 0 Å². The zero-order valence-corrected chi connectivity index (χ0v) is 7.19. The number of hydrogen-bond acceptors (Lipinski definition) is 3. The van der Waals surface area contributed by atoms with Gasteiger partial charge in [0, 0.05) is 18.7 Å². The zero-order valence-electron chi connectivity index (χ0n) is 6.38. The van der Waals surface area contributed by atoms with Gasteiger partial charge in [-0.1, -0.05) is 0 Å². The van der Waals surface area contributed by atoms with Gasteiger partial charge in [0.15, 0.2) is 0 Å². The number of carbonyl (C=O) groups is 1. The lowest BCUT2D eigenvalue weighted by atomic mass is 10.1. The van der Waals surface area contributed by atoms with E-state index in [0.717, 1.165) is 36.6 Å². The third-order valence-electron chi connectivity index (χ3n) is 2.21. The fourth-order valence-corrected chi connectivity index (χ4v) is 2.66. The van der Waals surface area contributed by atoms with Crippen molar-refractivity contribution in [1.29, 1.82) is 0 Å². The average molecular weight is 169 g/mol. The summed E-state index contributed by atoms with van der Waals surface area (Å²) in [5.74, 6) is 1.69. The van der Waals surface area contributed by atoms with E-state index >= 15 is 0 Å². The number of aliphatic imine (C=N–C) groups is 1. The van der Waals surface area contributed by atoms with E-state index in [1.165, 1.54) is 0 Å². The van der Waals surface area contributed by atoms with Crippen molar-refractivity contribution in [1.82, 2.24) is 0 Å². The molecule has 2 nitrogen and oxygen atoms in total. The first-order chi connectivity index (χ1) is 5.38. The molecule has 0 aromatic carbocycles. The lowest BCUT2D eigenvalue weighted by Gasteiger charge is -2.04. The molecule has 0 N–H and O–H groups in total. The van der Waals surface area contributed by atoms with Crippen molar-refractivity contribution in [3.63, 3.8) is 0 Å². The lowest BCUT2D eigenvalue weighted by molar-refractivity contribution is -0.118. The number of carbonyl (C=O) groups excluding carboxylic acids is 1. The molecule has 2 aliphatic rings. The molecule has 60 valence electrons. The van der Waals surface area contributed by atoms with E-state index in [1.807, 2.05) is 0 Å². The third-order valence-corrected chi connectivity index (χ3v) is 3.31. The molecule has 1 saturated carbocycles. The first-order valence-electron chi connectivity index (χ1n) is 4.08. The monoisotopic (exact) mass is 169 g/mol. The first kappa shape index (κ1) is 7.35. The minimum absolute atomic E-state index is 0.197. The van der Waals surface area contributed by atoms with Crippen LogP contribution in [-0.4, -0.2) is 23.1 Å². The number of nitrogens with zero attached hydrogens (tertiary/aromatic N) is 1. The second kappa shape index (κ2) is 2.97. The topological polar surface area (TPSA) is 29.4 Å². The van der Waals surface area contributed by atoms with Gasteiger partial charge in [0.2, 0.25) is 0 Å². The highest BCUT2D eigenvalue weighted by Crippen LogP contribution is 2.29. The smallest absolute Gasteiger partial charge is 0.142 e. The van der Waals surface area contributed by atoms with Crippen LogP contribution in [0.25, 0.3) is 0 Å². The Bertz CT molecular complexity index is 212. The highest BCUT2D eigenvalue weighted by Gasteiger charge is 2.30. The van der Waals surface area contributed by atoms with Crippen LogP contribution in [0.4, 0.5) is 0 Å². The standard InChI is InChI=1S/C8H11NOS/c10-7-3-1-2-6(7)8-9-4-5-11-8/h6H,1-5H2. The van der Waals surface area contributed by atoms with Crippen molar-refractivity contribution in [2.24, 2.45) is 10.9 Å². The largest absolute Gasteiger partial charge is 0.299 e. The van der Waals surface area contributed by atoms with Gasteiger partial charge in [-0.05, 0) is 12.8 Å². The van der Waals surface area contributed by atoms with Crippen LogP contribution in [-0.2, 0) is 4.79 Å². The number of hydrogen-bond donors (Lipinski definition) is 0. The second-order valence-corrected chi connectivity index (χ2v) is 4.09. The molecule has 0 bridgehead atoms. The van der Waals surface area contributed by atoms with Gasteiger partial charge >= 0.3 is 0 Å². The molecule has 0 aromatic heterocycles. The first-order valence-corrected chi connectivity index (χ1v) is 5.06. The maximum atomic E-state index is 11.3. The SMILES string of the molecule is O=C1CCCC1C1=NCCS1. The molecule has 0 spiro atoms. The Morgan fingerprint density at radius 1 is 1.55 bits per heavy atom. The maximum absolute atomic E-state index is 11.3. The summed E-state index contributed by atoms with van der Waals surface area (Å²) in [6.45, 7) is 0.920. The van der Waals surface area contributed by atoms with Crippen LogP contribution in [0.3, 0.4) is 0 Å². The van der Waals surface area contributed by atoms with Gasteiger partial charge in [-0.15, -0.1) is 11.8 Å². The third kappa shape index (κ3) is 1.34. The molecular formula is C8H11NOS. The van der Waals surface area contributed by atoms with E-state index in [2.05, 4.69) is 4.99 Å². The molecule has 1 aliphatic carbocycles. The van der Waals surface area contributed by atoms with Crippen LogP contribution in [0.2, 0.25) is 0 Å². The van der Waals surface area contributed by atoms with E-state index < -0.39 is 0 Å². The quantitative estimate of drug-likeness (QED) is 0.595. The van der Waals surface area contributed by atoms with Gasteiger partial charge in [-0.25, -0.2) is 0 Å². The molecule has 0 radical (unpaired) electrons. The van der Waals surface area contributed by atoms with E-state index in [-0.39, 0.29) is 5.92 Å². The Balaban J connectivity index is 2.08. The molecule has 0 amide bonds. The molecule has 3 heteroatoms. The van der Waals surface area contributed by atoms with Gasteiger partial charge < -0.3 is 0 Å². The number of Topliss-reactive ketones (excluding diaryl/α,β-unsaturated/α-hetero) is 1. The Hall–Kier alpha value is -0.310. The molecule has 0 aromatic rings. The van der Waals surface area contributed by atoms with Crippen LogP contribution < -0.4 is 0 Å². The van der Waals surface area contributed by atoms with Crippen LogP contribution in [0, 0.1) is 5.92 Å². The van der Waals surface area contributed by atoms with Gasteiger partial charge in [-0.3, -0.25) is 9.79 Å². The Kier molecular flexibility index (Phi) is 1.98. The molecule has 1 fully saturated rings. The number of rotatable bonds is 1. The van der Waals surface area contributed by atoms with Crippen molar-refractivity contribution in [3.8, 4) is 0 Å². The number of thioether (sulfide) groups is 1. The summed E-state index contributed by atoms with van der Waals surface area (Å²) in [6, 6.07) is 0. The van der Waals surface area contributed by atoms with Crippen molar-refractivity contribution >= 4 is 22.6 Å². The van der Waals surface area contributed by atoms with Crippen LogP contribution in [0.15, 0.2) is 4.99 Å². The molecule has 1 heterocycles. The summed E-state index contributed by atoms with van der Waals surface area (Å²) in [7, 11) is 0. The summed E-state index contributed by atoms with van der Waals surface area (Å²) in [5, 5.41) is 1.12. The highest BCUT2D eigenvalue weighted by molar-refractivity contribution is 8.14. The van der Waals surface area contributed by atoms with Gasteiger partial charge in [-0.2, -0.15) is 0 Å². The molecule has 2 rings (SSSR count). The van der Waals surface area contributed by atoms with Crippen LogP contribution in [0.1, 0.15) is 19.3 Å². The van der Waals surface area contributed by atoms with Gasteiger partial charge in [0.05, 0.1) is 11.0 Å². The van der Waals surface area contributed by atoms with Crippen LogP contribution in [0.5, 0.6) is 0 Å². The second-order valence-electron chi connectivity index (χ2n) is 2.98. The van der Waals surface area contributed by atoms with E-state index in [1.54, 1.807) is 11.8 Å². The summed E-state index contributed by atoms with van der Waals surface area (Å²) in [5.41, 5.74) is 0. The molecule has 11 heavy (non-hydrogen) atoms. The fourth-order valence-electron chi connectivity index (χ4n) is 1.64.